The Kier molecular flexibility index (Phi) is 5.80. The van der Waals surface area contributed by atoms with E-state index in [0.717, 1.165) is 28.8 Å². The lowest BCUT2D eigenvalue weighted by Crippen LogP contribution is -2.41. The zero-order valence-electron chi connectivity index (χ0n) is 13.9. The molecule has 0 bridgehead atoms. The second-order valence-corrected chi connectivity index (χ2v) is 7.81. The summed E-state index contributed by atoms with van der Waals surface area (Å²) in [7, 11) is 0. The second kappa shape index (κ2) is 8.05. The van der Waals surface area contributed by atoms with Gasteiger partial charge in [0.1, 0.15) is 4.88 Å². The maximum Gasteiger partial charge on any atom is 0.267 e. The number of nitrogens with zero attached hydrogens (tertiary/aromatic N) is 3. The van der Waals surface area contributed by atoms with Crippen molar-refractivity contribution in [3.8, 4) is 0 Å². The van der Waals surface area contributed by atoms with Crippen molar-refractivity contribution in [2.45, 2.75) is 19.8 Å². The molecule has 1 aliphatic rings. The van der Waals surface area contributed by atoms with Crippen LogP contribution in [0.4, 0.5) is 0 Å². The molecule has 25 heavy (non-hydrogen) atoms. The van der Waals surface area contributed by atoms with Crippen molar-refractivity contribution in [1.82, 2.24) is 19.8 Å². The Hall–Kier alpha value is -1.80. The number of likely N-dealkylation sites (tertiary alicyclic amines) is 1. The highest BCUT2D eigenvalue weighted by atomic mass is 79.9. The number of aryl methyl sites for hydroxylation is 1. The Morgan fingerprint density at radius 2 is 1.96 bits per heavy atom. The summed E-state index contributed by atoms with van der Waals surface area (Å²) in [4.78, 5) is 27.1. The van der Waals surface area contributed by atoms with Gasteiger partial charge in [0.05, 0.1) is 5.69 Å². The van der Waals surface area contributed by atoms with Gasteiger partial charge in [0.2, 0.25) is 0 Å². The normalized spacial score (nSPS) is 15.2. The summed E-state index contributed by atoms with van der Waals surface area (Å²) in [6.07, 6.45) is 1.77. The molecule has 2 aromatic rings. The summed E-state index contributed by atoms with van der Waals surface area (Å²) >= 11 is 4.51. The molecular weight excluding hydrogens is 404 g/mol. The first-order valence-corrected chi connectivity index (χ1v) is 9.73. The number of halogens is 1. The van der Waals surface area contributed by atoms with Gasteiger partial charge in [-0.1, -0.05) is 20.4 Å². The Morgan fingerprint density at radius 3 is 2.56 bits per heavy atom. The van der Waals surface area contributed by atoms with Gasteiger partial charge in [-0.3, -0.25) is 9.59 Å². The molecule has 1 N–H and O–H groups in total. The van der Waals surface area contributed by atoms with Crippen LogP contribution in [0.1, 0.15) is 38.6 Å². The van der Waals surface area contributed by atoms with Gasteiger partial charge in [-0.15, -0.1) is 5.10 Å². The summed E-state index contributed by atoms with van der Waals surface area (Å²) in [6.45, 7) is 3.85. The molecule has 2 heterocycles. The topological polar surface area (TPSA) is 75.2 Å². The Balaban J connectivity index is 1.46. The highest BCUT2D eigenvalue weighted by Gasteiger charge is 2.26. The Morgan fingerprint density at radius 1 is 1.28 bits per heavy atom. The van der Waals surface area contributed by atoms with Gasteiger partial charge in [0.15, 0.2) is 0 Å². The number of amides is 2. The molecule has 1 saturated heterocycles. The third-order valence-corrected chi connectivity index (χ3v) is 5.75. The van der Waals surface area contributed by atoms with Gasteiger partial charge in [0.25, 0.3) is 11.8 Å². The molecule has 0 unspecified atom stereocenters. The third kappa shape index (κ3) is 4.43. The largest absolute Gasteiger partial charge is 0.352 e. The van der Waals surface area contributed by atoms with E-state index in [2.05, 4.69) is 30.8 Å². The molecule has 1 fully saturated rings. The number of hydrogen-bond acceptors (Lipinski definition) is 5. The van der Waals surface area contributed by atoms with E-state index in [4.69, 9.17) is 0 Å². The van der Waals surface area contributed by atoms with Gasteiger partial charge in [-0.25, -0.2) is 0 Å². The van der Waals surface area contributed by atoms with E-state index >= 15 is 0 Å². The van der Waals surface area contributed by atoms with Crippen LogP contribution in [0.2, 0.25) is 0 Å². The number of nitrogens with one attached hydrogen (secondary N) is 1. The SMILES string of the molecule is Cc1nnsc1C(=O)N1CCC(CNC(=O)c2ccc(Br)cc2)CC1. The Bertz CT molecular complexity index is 754. The first kappa shape index (κ1) is 18.0. The predicted molar refractivity (Wildman–Crippen MR) is 99.7 cm³/mol. The number of carbonyl (C=O) groups excluding carboxylic acids is 2. The highest BCUT2D eigenvalue weighted by Crippen LogP contribution is 2.21. The molecule has 6 nitrogen and oxygen atoms in total. The third-order valence-electron chi connectivity index (χ3n) is 4.41. The lowest BCUT2D eigenvalue weighted by atomic mass is 9.96. The van der Waals surface area contributed by atoms with Crippen LogP contribution in [0.3, 0.4) is 0 Å². The lowest BCUT2D eigenvalue weighted by Gasteiger charge is -2.31. The molecule has 0 atom stereocenters. The van der Waals surface area contributed by atoms with Crippen molar-refractivity contribution in [1.29, 1.82) is 0 Å². The first-order chi connectivity index (χ1) is 12.0. The standard InChI is InChI=1S/C17H19BrN4O2S/c1-11-15(25-21-20-11)17(24)22-8-6-12(7-9-22)10-19-16(23)13-2-4-14(18)5-3-13/h2-5,12H,6-10H2,1H3,(H,19,23). The van der Waals surface area contributed by atoms with E-state index in [-0.39, 0.29) is 11.8 Å². The van der Waals surface area contributed by atoms with Crippen molar-refractivity contribution < 1.29 is 9.59 Å². The number of rotatable bonds is 4. The van der Waals surface area contributed by atoms with Crippen LogP contribution in [0.15, 0.2) is 28.7 Å². The molecular formula is C17H19BrN4O2S. The van der Waals surface area contributed by atoms with Gasteiger partial charge in [-0.05, 0) is 61.5 Å². The first-order valence-electron chi connectivity index (χ1n) is 8.16. The molecule has 2 amide bonds. The molecule has 132 valence electrons. The van der Waals surface area contributed by atoms with Crippen molar-refractivity contribution in [3.05, 3.63) is 44.9 Å². The van der Waals surface area contributed by atoms with E-state index in [1.165, 1.54) is 0 Å². The molecule has 0 spiro atoms. The fourth-order valence-corrected chi connectivity index (χ4v) is 3.74. The average molecular weight is 423 g/mol. The summed E-state index contributed by atoms with van der Waals surface area (Å²) in [6, 6.07) is 7.31. The van der Waals surface area contributed by atoms with Crippen LogP contribution in [0.5, 0.6) is 0 Å². The molecule has 1 aromatic heterocycles. The van der Waals surface area contributed by atoms with Gasteiger partial charge < -0.3 is 10.2 Å². The van der Waals surface area contributed by atoms with Crippen LogP contribution in [-0.2, 0) is 0 Å². The fraction of sp³-hybridized carbons (Fsp3) is 0.412. The van der Waals surface area contributed by atoms with E-state index in [0.29, 0.717) is 41.7 Å². The van der Waals surface area contributed by atoms with Crippen molar-refractivity contribution >= 4 is 39.3 Å². The fourth-order valence-electron chi connectivity index (χ4n) is 2.85. The Labute approximate surface area is 158 Å². The van der Waals surface area contributed by atoms with Crippen LogP contribution in [-0.4, -0.2) is 45.9 Å². The number of aromatic nitrogens is 2. The molecule has 8 heteroatoms. The zero-order chi connectivity index (χ0) is 17.8. The minimum absolute atomic E-state index is 0.0184. The van der Waals surface area contributed by atoms with E-state index < -0.39 is 0 Å². The maximum atomic E-state index is 12.4. The summed E-state index contributed by atoms with van der Waals surface area (Å²) in [5, 5.41) is 6.89. The number of hydrogen-bond donors (Lipinski definition) is 1. The van der Waals surface area contributed by atoms with Crippen LogP contribution in [0, 0.1) is 12.8 Å². The number of benzene rings is 1. The van der Waals surface area contributed by atoms with Crippen LogP contribution in [0.25, 0.3) is 0 Å². The molecule has 0 saturated carbocycles. The van der Waals surface area contributed by atoms with Crippen LogP contribution >= 0.6 is 27.5 Å². The molecule has 0 aliphatic carbocycles. The monoisotopic (exact) mass is 422 g/mol. The van der Waals surface area contributed by atoms with Gasteiger partial charge >= 0.3 is 0 Å². The van der Waals surface area contributed by atoms with Crippen molar-refractivity contribution in [2.75, 3.05) is 19.6 Å². The summed E-state index contributed by atoms with van der Waals surface area (Å²) in [5.41, 5.74) is 1.35. The molecule has 0 radical (unpaired) electrons. The number of carbonyl (C=O) groups is 2. The average Bonchev–Trinajstić information content (AvgIpc) is 3.06. The maximum absolute atomic E-state index is 12.4. The van der Waals surface area contributed by atoms with Crippen molar-refractivity contribution in [2.24, 2.45) is 5.92 Å². The van der Waals surface area contributed by atoms with E-state index in [9.17, 15) is 9.59 Å². The van der Waals surface area contributed by atoms with Gasteiger partial charge in [-0.2, -0.15) is 0 Å². The van der Waals surface area contributed by atoms with Crippen LogP contribution < -0.4 is 5.32 Å². The lowest BCUT2D eigenvalue weighted by molar-refractivity contribution is 0.0688. The highest BCUT2D eigenvalue weighted by molar-refractivity contribution is 9.10. The smallest absolute Gasteiger partial charge is 0.267 e. The molecule has 1 aliphatic heterocycles. The summed E-state index contributed by atoms with van der Waals surface area (Å²) in [5.74, 6) is 0.353. The minimum Gasteiger partial charge on any atom is -0.352 e. The minimum atomic E-state index is -0.0580. The number of piperidine rings is 1. The van der Waals surface area contributed by atoms with Gasteiger partial charge in [0, 0.05) is 29.7 Å². The zero-order valence-corrected chi connectivity index (χ0v) is 16.3. The quantitative estimate of drug-likeness (QED) is 0.821. The summed E-state index contributed by atoms with van der Waals surface area (Å²) < 4.78 is 4.78. The second-order valence-electron chi connectivity index (χ2n) is 6.14. The van der Waals surface area contributed by atoms with E-state index in [1.807, 2.05) is 17.0 Å². The molecule has 1 aromatic carbocycles. The van der Waals surface area contributed by atoms with Crippen molar-refractivity contribution in [3.63, 3.8) is 0 Å². The predicted octanol–water partition coefficient (Wildman–Crippen LogP) is 2.89. The van der Waals surface area contributed by atoms with E-state index in [1.54, 1.807) is 19.1 Å². The molecule has 3 rings (SSSR count).